The molecule has 80 valence electrons. The van der Waals surface area contributed by atoms with Crippen LogP contribution in [0.15, 0.2) is 24.3 Å². The predicted molar refractivity (Wildman–Crippen MR) is 73.5 cm³/mol. The van der Waals surface area contributed by atoms with Crippen LogP contribution in [0.2, 0.25) is 0 Å². The van der Waals surface area contributed by atoms with Gasteiger partial charge in [0.2, 0.25) is 5.91 Å². The molecule has 4 heteroatoms. The summed E-state index contributed by atoms with van der Waals surface area (Å²) in [5.41, 5.74) is 1.01. The third-order valence-electron chi connectivity index (χ3n) is 2.58. The second-order valence-corrected chi connectivity index (χ2v) is 5.35. The van der Waals surface area contributed by atoms with Crippen LogP contribution in [0, 0.1) is 9.49 Å². The number of thiol groups is 1. The van der Waals surface area contributed by atoms with Crippen LogP contribution in [0.5, 0.6) is 0 Å². The number of anilines is 1. The minimum Gasteiger partial charge on any atom is -0.312 e. The first-order chi connectivity index (χ1) is 7.20. The number of carbonyl (C=O) groups is 1. The van der Waals surface area contributed by atoms with Crippen molar-refractivity contribution < 1.29 is 4.79 Å². The lowest BCUT2D eigenvalue weighted by Gasteiger charge is -2.16. The van der Waals surface area contributed by atoms with E-state index in [1.54, 1.807) is 0 Å². The van der Waals surface area contributed by atoms with Gasteiger partial charge < -0.3 is 4.90 Å². The summed E-state index contributed by atoms with van der Waals surface area (Å²) in [5.74, 6) is 1.40. The second-order valence-electron chi connectivity index (χ2n) is 3.74. The van der Waals surface area contributed by atoms with Gasteiger partial charge in [-0.1, -0.05) is 6.07 Å². The number of amides is 1. The first kappa shape index (κ1) is 11.3. The van der Waals surface area contributed by atoms with Crippen molar-refractivity contribution in [1.82, 2.24) is 0 Å². The van der Waals surface area contributed by atoms with Gasteiger partial charge in [0, 0.05) is 22.2 Å². The Labute approximate surface area is 109 Å². The molecule has 15 heavy (non-hydrogen) atoms. The number of hydrogen-bond donors (Lipinski definition) is 1. The molecular weight excluding hydrogens is 321 g/mol. The van der Waals surface area contributed by atoms with Crippen molar-refractivity contribution in [2.75, 3.05) is 17.2 Å². The summed E-state index contributed by atoms with van der Waals surface area (Å²) in [7, 11) is 0. The Kier molecular flexibility index (Phi) is 3.56. The topological polar surface area (TPSA) is 20.3 Å². The zero-order valence-electron chi connectivity index (χ0n) is 8.19. The molecule has 2 nitrogen and oxygen atoms in total. The highest BCUT2D eigenvalue weighted by atomic mass is 127. The molecule has 0 N–H and O–H groups in total. The normalized spacial score (nSPS) is 21.1. The Hall–Kier alpha value is -0.230. The monoisotopic (exact) mass is 333 g/mol. The van der Waals surface area contributed by atoms with E-state index in [4.69, 9.17) is 0 Å². The van der Waals surface area contributed by atoms with Crippen LogP contribution in [0.4, 0.5) is 5.69 Å². The zero-order chi connectivity index (χ0) is 10.8. The van der Waals surface area contributed by atoms with Gasteiger partial charge in [0.25, 0.3) is 0 Å². The molecule has 1 aromatic carbocycles. The summed E-state index contributed by atoms with van der Waals surface area (Å²) < 4.78 is 1.16. The van der Waals surface area contributed by atoms with Crippen molar-refractivity contribution in [3.05, 3.63) is 27.8 Å². The first-order valence-electron chi connectivity index (χ1n) is 4.87. The molecule has 1 unspecified atom stereocenters. The summed E-state index contributed by atoms with van der Waals surface area (Å²) >= 11 is 6.51. The number of halogens is 1. The third kappa shape index (κ3) is 2.47. The summed E-state index contributed by atoms with van der Waals surface area (Å²) in [4.78, 5) is 13.6. The summed E-state index contributed by atoms with van der Waals surface area (Å²) in [6.07, 6.45) is 0.634. The fourth-order valence-electron chi connectivity index (χ4n) is 1.80. The average Bonchev–Trinajstić information content (AvgIpc) is 2.60. The number of benzene rings is 1. The average molecular weight is 333 g/mol. The Morgan fingerprint density at radius 1 is 1.53 bits per heavy atom. The van der Waals surface area contributed by atoms with Crippen molar-refractivity contribution in [2.45, 2.75) is 6.42 Å². The van der Waals surface area contributed by atoms with Gasteiger partial charge in [-0.25, -0.2) is 0 Å². The van der Waals surface area contributed by atoms with Crippen molar-refractivity contribution in [3.63, 3.8) is 0 Å². The molecule has 1 atom stereocenters. The van der Waals surface area contributed by atoms with E-state index in [-0.39, 0.29) is 5.91 Å². The first-order valence-corrected chi connectivity index (χ1v) is 6.58. The highest BCUT2D eigenvalue weighted by Crippen LogP contribution is 2.26. The highest BCUT2D eigenvalue weighted by molar-refractivity contribution is 14.1. The highest BCUT2D eigenvalue weighted by Gasteiger charge is 2.29. The van der Waals surface area contributed by atoms with Crippen LogP contribution >= 0.6 is 35.2 Å². The van der Waals surface area contributed by atoms with E-state index in [2.05, 4.69) is 35.2 Å². The van der Waals surface area contributed by atoms with Gasteiger partial charge in [-0.3, -0.25) is 4.79 Å². The number of nitrogens with zero attached hydrogens (tertiary/aromatic N) is 1. The van der Waals surface area contributed by atoms with Gasteiger partial charge in [-0.2, -0.15) is 12.6 Å². The van der Waals surface area contributed by atoms with Gasteiger partial charge in [0.15, 0.2) is 0 Å². The maximum absolute atomic E-state index is 11.7. The molecule has 2 rings (SSSR count). The van der Waals surface area contributed by atoms with Gasteiger partial charge in [0.1, 0.15) is 0 Å². The molecule has 1 saturated heterocycles. The van der Waals surface area contributed by atoms with E-state index in [0.29, 0.717) is 12.3 Å². The fraction of sp³-hybridized carbons (Fsp3) is 0.364. The molecule has 1 heterocycles. The van der Waals surface area contributed by atoms with Gasteiger partial charge in [-0.15, -0.1) is 0 Å². The minimum absolute atomic E-state index is 0.219. The molecule has 0 aromatic heterocycles. The number of carbonyl (C=O) groups excluding carboxylic acids is 1. The standard InChI is InChI=1S/C11H12INOS/c12-9-2-1-3-10(5-9)13-6-8(7-15)4-11(13)14/h1-3,5,8,15H,4,6-7H2. The van der Waals surface area contributed by atoms with Gasteiger partial charge in [-0.05, 0) is 52.5 Å². The van der Waals surface area contributed by atoms with Crippen LogP contribution in [0.3, 0.4) is 0 Å². The molecule has 1 aliphatic rings. The molecule has 1 fully saturated rings. The lowest BCUT2D eigenvalue weighted by molar-refractivity contribution is -0.117. The van der Waals surface area contributed by atoms with E-state index in [1.807, 2.05) is 29.2 Å². The fourth-order valence-corrected chi connectivity index (χ4v) is 2.57. The maximum atomic E-state index is 11.7. The summed E-state index contributed by atoms with van der Waals surface area (Å²) in [6, 6.07) is 8.04. The number of hydrogen-bond acceptors (Lipinski definition) is 2. The molecule has 1 aliphatic heterocycles. The van der Waals surface area contributed by atoms with Crippen LogP contribution in [0.1, 0.15) is 6.42 Å². The Bertz CT molecular complexity index is 383. The van der Waals surface area contributed by atoms with Crippen LogP contribution in [-0.4, -0.2) is 18.2 Å². The smallest absolute Gasteiger partial charge is 0.227 e. The molecule has 1 amide bonds. The molecule has 0 radical (unpaired) electrons. The van der Waals surface area contributed by atoms with E-state index in [9.17, 15) is 4.79 Å². The molecule has 0 saturated carbocycles. The zero-order valence-corrected chi connectivity index (χ0v) is 11.2. The lowest BCUT2D eigenvalue weighted by atomic mass is 10.1. The third-order valence-corrected chi connectivity index (χ3v) is 3.77. The minimum atomic E-state index is 0.219. The molecular formula is C11H12INOS. The van der Waals surface area contributed by atoms with Crippen LogP contribution in [0.25, 0.3) is 0 Å². The van der Waals surface area contributed by atoms with E-state index in [0.717, 1.165) is 21.6 Å². The van der Waals surface area contributed by atoms with Gasteiger partial charge >= 0.3 is 0 Å². The largest absolute Gasteiger partial charge is 0.312 e. The quantitative estimate of drug-likeness (QED) is 0.652. The molecule has 1 aromatic rings. The van der Waals surface area contributed by atoms with E-state index in [1.165, 1.54) is 0 Å². The Morgan fingerprint density at radius 3 is 2.93 bits per heavy atom. The summed E-state index contributed by atoms with van der Waals surface area (Å²) in [6.45, 7) is 0.808. The number of rotatable bonds is 2. The predicted octanol–water partition coefficient (Wildman–Crippen LogP) is 2.57. The van der Waals surface area contributed by atoms with Crippen LogP contribution < -0.4 is 4.90 Å². The Morgan fingerprint density at radius 2 is 2.33 bits per heavy atom. The van der Waals surface area contributed by atoms with Crippen molar-refractivity contribution in [1.29, 1.82) is 0 Å². The van der Waals surface area contributed by atoms with Gasteiger partial charge in [0.05, 0.1) is 0 Å². The van der Waals surface area contributed by atoms with Crippen molar-refractivity contribution in [2.24, 2.45) is 5.92 Å². The Balaban J connectivity index is 2.21. The van der Waals surface area contributed by atoms with Crippen molar-refractivity contribution >= 4 is 46.8 Å². The lowest BCUT2D eigenvalue weighted by Crippen LogP contribution is -2.24. The maximum Gasteiger partial charge on any atom is 0.227 e. The molecule has 0 aliphatic carbocycles. The molecule has 0 bridgehead atoms. The SMILES string of the molecule is O=C1CC(CS)CN1c1cccc(I)c1. The summed E-state index contributed by atoms with van der Waals surface area (Å²) in [5, 5.41) is 0. The van der Waals surface area contributed by atoms with Crippen molar-refractivity contribution in [3.8, 4) is 0 Å². The second kappa shape index (κ2) is 4.74. The molecule has 0 spiro atoms. The van der Waals surface area contributed by atoms with Crippen LogP contribution in [-0.2, 0) is 4.79 Å². The van der Waals surface area contributed by atoms with E-state index >= 15 is 0 Å². The van der Waals surface area contributed by atoms with E-state index < -0.39 is 0 Å².